The number of rotatable bonds is 5. The minimum Gasteiger partial charge on any atom is -0.264 e. The van der Waals surface area contributed by atoms with Crippen molar-refractivity contribution in [1.29, 1.82) is 0 Å². The summed E-state index contributed by atoms with van der Waals surface area (Å²) in [7, 11) is 0. The van der Waals surface area contributed by atoms with Gasteiger partial charge >= 0.3 is 0 Å². The standard InChI is InChI=1S/C17H17N5O2/c1-2-14(22(23)24)16-15(12-8-4-3-5-9-12)20-21-17(19-16)13-10-6-7-11-18-13/h3-11,14,16H,2H2,1H3,(H,19,21). The first-order chi connectivity index (χ1) is 11.7. The van der Waals surface area contributed by atoms with Crippen molar-refractivity contribution < 1.29 is 4.92 Å². The molecule has 2 aromatic rings. The first-order valence-electron chi connectivity index (χ1n) is 7.72. The molecule has 0 spiro atoms. The van der Waals surface area contributed by atoms with Crippen molar-refractivity contribution in [3.8, 4) is 0 Å². The molecule has 122 valence electrons. The van der Waals surface area contributed by atoms with Gasteiger partial charge in [-0.05, 0) is 12.1 Å². The van der Waals surface area contributed by atoms with Gasteiger partial charge in [0, 0.05) is 23.1 Å². The number of nitro groups is 1. The number of nitrogens with zero attached hydrogens (tertiary/aromatic N) is 4. The summed E-state index contributed by atoms with van der Waals surface area (Å²) in [6, 6.07) is 13.3. The fraction of sp³-hybridized carbons (Fsp3) is 0.235. The number of hydrogen-bond donors (Lipinski definition) is 1. The molecule has 7 heteroatoms. The maximum absolute atomic E-state index is 11.5. The zero-order valence-corrected chi connectivity index (χ0v) is 13.2. The monoisotopic (exact) mass is 323 g/mol. The van der Waals surface area contributed by atoms with E-state index in [0.717, 1.165) is 5.56 Å². The third-order valence-electron chi connectivity index (χ3n) is 3.86. The SMILES string of the molecule is CCC(C1N=C(c2ccccn2)NN=C1c1ccccc1)[N+](=O)[O-]. The van der Waals surface area contributed by atoms with Gasteiger partial charge < -0.3 is 0 Å². The number of pyridine rings is 1. The van der Waals surface area contributed by atoms with Crippen molar-refractivity contribution in [3.63, 3.8) is 0 Å². The molecule has 0 amide bonds. The van der Waals surface area contributed by atoms with Crippen LogP contribution in [0.2, 0.25) is 0 Å². The van der Waals surface area contributed by atoms with Crippen molar-refractivity contribution in [3.05, 3.63) is 76.1 Å². The lowest BCUT2D eigenvalue weighted by Gasteiger charge is -2.23. The molecule has 0 saturated carbocycles. The van der Waals surface area contributed by atoms with Crippen molar-refractivity contribution in [2.24, 2.45) is 10.1 Å². The van der Waals surface area contributed by atoms with Crippen molar-refractivity contribution in [2.45, 2.75) is 25.4 Å². The van der Waals surface area contributed by atoms with Crippen LogP contribution in [0, 0.1) is 10.1 Å². The third-order valence-corrected chi connectivity index (χ3v) is 3.86. The Balaban J connectivity index is 2.02. The van der Waals surface area contributed by atoms with E-state index < -0.39 is 12.1 Å². The van der Waals surface area contributed by atoms with Crippen LogP contribution in [-0.2, 0) is 0 Å². The molecule has 1 aliphatic rings. The van der Waals surface area contributed by atoms with Gasteiger partial charge in [0.15, 0.2) is 11.9 Å². The molecular weight excluding hydrogens is 306 g/mol. The Hall–Kier alpha value is -3.09. The second kappa shape index (κ2) is 6.99. The summed E-state index contributed by atoms with van der Waals surface area (Å²) >= 11 is 0. The Labute approximate surface area is 139 Å². The largest absolute Gasteiger partial charge is 0.264 e. The normalized spacial score (nSPS) is 18.1. The van der Waals surface area contributed by atoms with Crippen molar-refractivity contribution >= 4 is 11.5 Å². The first-order valence-corrected chi connectivity index (χ1v) is 7.72. The molecule has 1 aromatic carbocycles. The zero-order valence-electron chi connectivity index (χ0n) is 13.2. The van der Waals surface area contributed by atoms with Gasteiger partial charge in [0.1, 0.15) is 5.69 Å². The van der Waals surface area contributed by atoms with Gasteiger partial charge in [0.05, 0.1) is 5.71 Å². The molecule has 0 fully saturated rings. The lowest BCUT2D eigenvalue weighted by atomic mass is 9.95. The third kappa shape index (κ3) is 3.15. The van der Waals surface area contributed by atoms with Crippen LogP contribution < -0.4 is 5.43 Å². The number of amidine groups is 1. The lowest BCUT2D eigenvalue weighted by Crippen LogP contribution is -2.44. The van der Waals surface area contributed by atoms with Crippen LogP contribution in [0.25, 0.3) is 0 Å². The van der Waals surface area contributed by atoms with E-state index in [2.05, 4.69) is 20.5 Å². The highest BCUT2D eigenvalue weighted by molar-refractivity contribution is 6.10. The average Bonchev–Trinajstić information content (AvgIpc) is 2.63. The van der Waals surface area contributed by atoms with Gasteiger partial charge in [0.2, 0.25) is 6.04 Å². The fourth-order valence-corrected chi connectivity index (χ4v) is 2.63. The van der Waals surface area contributed by atoms with Gasteiger partial charge in [-0.2, -0.15) is 5.10 Å². The molecule has 2 heterocycles. The Morgan fingerprint density at radius 3 is 2.58 bits per heavy atom. The van der Waals surface area contributed by atoms with E-state index in [0.29, 0.717) is 23.7 Å². The number of nitrogens with one attached hydrogen (secondary N) is 1. The first kappa shape index (κ1) is 15.8. The molecule has 3 rings (SSSR count). The van der Waals surface area contributed by atoms with Gasteiger partial charge in [0.25, 0.3) is 0 Å². The number of aromatic nitrogens is 1. The molecule has 0 saturated heterocycles. The summed E-state index contributed by atoms with van der Waals surface area (Å²) in [6.45, 7) is 1.79. The molecule has 7 nitrogen and oxygen atoms in total. The highest BCUT2D eigenvalue weighted by Crippen LogP contribution is 2.18. The quantitative estimate of drug-likeness (QED) is 0.674. The summed E-state index contributed by atoms with van der Waals surface area (Å²) < 4.78 is 0. The van der Waals surface area contributed by atoms with Crippen LogP contribution in [0.4, 0.5) is 0 Å². The number of hydrazone groups is 1. The Morgan fingerprint density at radius 2 is 1.96 bits per heavy atom. The number of hydrogen-bond acceptors (Lipinski definition) is 6. The fourth-order valence-electron chi connectivity index (χ4n) is 2.63. The second-order valence-corrected chi connectivity index (χ2v) is 5.37. The van der Waals surface area contributed by atoms with Crippen LogP contribution in [0.3, 0.4) is 0 Å². The van der Waals surface area contributed by atoms with E-state index in [9.17, 15) is 10.1 Å². The molecule has 1 aliphatic heterocycles. The molecule has 2 atom stereocenters. The van der Waals surface area contributed by atoms with E-state index in [1.54, 1.807) is 25.3 Å². The zero-order chi connectivity index (χ0) is 16.9. The van der Waals surface area contributed by atoms with Gasteiger partial charge in [-0.1, -0.05) is 43.3 Å². The molecule has 0 radical (unpaired) electrons. The van der Waals surface area contributed by atoms with E-state index in [1.807, 2.05) is 36.4 Å². The molecule has 0 bridgehead atoms. The summed E-state index contributed by atoms with van der Waals surface area (Å²) in [5.74, 6) is 0.445. The minimum atomic E-state index is -0.843. The van der Waals surface area contributed by atoms with Gasteiger partial charge in [-0.25, -0.2) is 4.99 Å². The summed E-state index contributed by atoms with van der Waals surface area (Å²) in [5.41, 5.74) is 4.88. The Kier molecular flexibility index (Phi) is 4.60. The molecular formula is C17H17N5O2. The highest BCUT2D eigenvalue weighted by atomic mass is 16.6. The van der Waals surface area contributed by atoms with Crippen molar-refractivity contribution in [1.82, 2.24) is 10.4 Å². The summed E-state index contributed by atoms with van der Waals surface area (Å²) in [4.78, 5) is 20.0. The molecule has 2 unspecified atom stereocenters. The summed E-state index contributed by atoms with van der Waals surface area (Å²) in [5, 5.41) is 15.9. The van der Waals surface area contributed by atoms with Crippen LogP contribution in [-0.4, -0.2) is 33.5 Å². The topological polar surface area (TPSA) is 92.8 Å². The lowest BCUT2D eigenvalue weighted by molar-refractivity contribution is -0.523. The van der Waals surface area contributed by atoms with Gasteiger partial charge in [-0.15, -0.1) is 0 Å². The van der Waals surface area contributed by atoms with Crippen molar-refractivity contribution in [2.75, 3.05) is 0 Å². The molecule has 24 heavy (non-hydrogen) atoms. The van der Waals surface area contributed by atoms with Crippen LogP contribution in [0.1, 0.15) is 24.6 Å². The van der Waals surface area contributed by atoms with Crippen LogP contribution in [0.5, 0.6) is 0 Å². The number of aliphatic imine (C=N–C) groups is 1. The predicted molar refractivity (Wildman–Crippen MR) is 91.8 cm³/mol. The Bertz CT molecular complexity index is 774. The maximum Gasteiger partial charge on any atom is 0.240 e. The molecule has 1 aromatic heterocycles. The second-order valence-electron chi connectivity index (χ2n) is 5.37. The average molecular weight is 323 g/mol. The molecule has 1 N–H and O–H groups in total. The van der Waals surface area contributed by atoms with E-state index >= 15 is 0 Å². The van der Waals surface area contributed by atoms with Gasteiger partial charge in [-0.3, -0.25) is 20.5 Å². The van der Waals surface area contributed by atoms with Crippen LogP contribution >= 0.6 is 0 Å². The van der Waals surface area contributed by atoms with E-state index in [4.69, 9.17) is 0 Å². The maximum atomic E-state index is 11.5. The summed E-state index contributed by atoms with van der Waals surface area (Å²) in [6.07, 6.45) is 2.01. The van der Waals surface area contributed by atoms with Crippen LogP contribution in [0.15, 0.2) is 64.8 Å². The minimum absolute atomic E-state index is 0.284. The smallest absolute Gasteiger partial charge is 0.240 e. The highest BCUT2D eigenvalue weighted by Gasteiger charge is 2.37. The number of benzene rings is 1. The molecule has 0 aliphatic carbocycles. The predicted octanol–water partition coefficient (Wildman–Crippen LogP) is 2.26. The van der Waals surface area contributed by atoms with E-state index in [-0.39, 0.29) is 4.92 Å². The Morgan fingerprint density at radius 1 is 1.21 bits per heavy atom. The van der Waals surface area contributed by atoms with E-state index in [1.165, 1.54) is 0 Å².